The number of carbonyl (C=O) groups is 1. The highest BCUT2D eigenvalue weighted by molar-refractivity contribution is 5.95. The van der Waals surface area contributed by atoms with Crippen molar-refractivity contribution in [3.8, 4) is 0 Å². The third-order valence-corrected chi connectivity index (χ3v) is 3.72. The summed E-state index contributed by atoms with van der Waals surface area (Å²) in [7, 11) is 0. The highest BCUT2D eigenvalue weighted by Gasteiger charge is 2.51. The van der Waals surface area contributed by atoms with E-state index in [1.165, 1.54) is 6.07 Å². The molecule has 3 nitrogen and oxygen atoms in total. The van der Waals surface area contributed by atoms with Crippen LogP contribution in [0.5, 0.6) is 0 Å². The topological polar surface area (TPSA) is 32.3 Å². The van der Waals surface area contributed by atoms with Crippen molar-refractivity contribution in [3.05, 3.63) is 35.6 Å². The Morgan fingerprint density at radius 1 is 1.33 bits per heavy atom. The van der Waals surface area contributed by atoms with E-state index in [4.69, 9.17) is 0 Å². The van der Waals surface area contributed by atoms with Crippen molar-refractivity contribution in [2.24, 2.45) is 0 Å². The molecule has 3 rings (SSSR count). The van der Waals surface area contributed by atoms with Gasteiger partial charge >= 0.3 is 0 Å². The van der Waals surface area contributed by atoms with Gasteiger partial charge in [-0.25, -0.2) is 4.39 Å². The predicted octanol–water partition coefficient (Wildman–Crippen LogP) is 1.83. The van der Waals surface area contributed by atoms with Crippen molar-refractivity contribution >= 4 is 18.3 Å². The quantitative estimate of drug-likeness (QED) is 0.844. The van der Waals surface area contributed by atoms with Gasteiger partial charge in [0.1, 0.15) is 5.82 Å². The minimum Gasteiger partial charge on any atom is -0.330 e. The maximum atomic E-state index is 13.6. The standard InChI is InChI=1S/C13H15FN2O.ClH/c14-11-4-2-1-3-10(11)12(17)16-8-7-15-9-13(16)5-6-13;/h1-4,15H,5-9H2;1H. The van der Waals surface area contributed by atoms with E-state index in [2.05, 4.69) is 5.32 Å². The monoisotopic (exact) mass is 270 g/mol. The molecule has 0 atom stereocenters. The molecule has 1 saturated heterocycles. The van der Waals surface area contributed by atoms with Crippen molar-refractivity contribution in [2.45, 2.75) is 18.4 Å². The fourth-order valence-corrected chi connectivity index (χ4v) is 2.53. The van der Waals surface area contributed by atoms with E-state index in [9.17, 15) is 9.18 Å². The average Bonchev–Trinajstić information content (AvgIpc) is 3.10. The Hall–Kier alpha value is -1.13. The van der Waals surface area contributed by atoms with Gasteiger partial charge in [0.15, 0.2) is 0 Å². The Morgan fingerprint density at radius 2 is 2.06 bits per heavy atom. The Kier molecular flexibility index (Phi) is 3.59. The Morgan fingerprint density at radius 3 is 2.72 bits per heavy atom. The van der Waals surface area contributed by atoms with E-state index in [0.29, 0.717) is 6.54 Å². The molecule has 1 aliphatic heterocycles. The minimum atomic E-state index is -0.424. The second-order valence-corrected chi connectivity index (χ2v) is 4.84. The summed E-state index contributed by atoms with van der Waals surface area (Å²) in [6, 6.07) is 6.22. The predicted molar refractivity (Wildman–Crippen MR) is 69.5 cm³/mol. The first-order valence-corrected chi connectivity index (χ1v) is 6.00. The Labute approximate surface area is 112 Å². The molecule has 0 bridgehead atoms. The molecule has 1 heterocycles. The summed E-state index contributed by atoms with van der Waals surface area (Å²) < 4.78 is 13.6. The lowest BCUT2D eigenvalue weighted by molar-refractivity contribution is 0.0596. The summed E-state index contributed by atoms with van der Waals surface area (Å²) in [4.78, 5) is 14.2. The van der Waals surface area contributed by atoms with Crippen LogP contribution in [-0.2, 0) is 0 Å². The largest absolute Gasteiger partial charge is 0.330 e. The van der Waals surface area contributed by atoms with E-state index in [-0.39, 0.29) is 29.4 Å². The summed E-state index contributed by atoms with van der Waals surface area (Å²) in [5, 5.41) is 3.30. The molecule has 18 heavy (non-hydrogen) atoms. The fourth-order valence-electron chi connectivity index (χ4n) is 2.53. The molecule has 0 radical (unpaired) electrons. The van der Waals surface area contributed by atoms with Crippen LogP contribution in [0.25, 0.3) is 0 Å². The lowest BCUT2D eigenvalue weighted by Gasteiger charge is -2.36. The van der Waals surface area contributed by atoms with Gasteiger partial charge in [-0.15, -0.1) is 12.4 Å². The van der Waals surface area contributed by atoms with Crippen LogP contribution in [0.4, 0.5) is 4.39 Å². The number of hydrogen-bond acceptors (Lipinski definition) is 2. The van der Waals surface area contributed by atoms with Crippen LogP contribution in [0.1, 0.15) is 23.2 Å². The van der Waals surface area contributed by atoms with E-state index < -0.39 is 5.82 Å². The maximum Gasteiger partial charge on any atom is 0.257 e. The number of hydrogen-bond donors (Lipinski definition) is 1. The van der Waals surface area contributed by atoms with Gasteiger partial charge < -0.3 is 10.2 Å². The number of benzene rings is 1. The Bertz CT molecular complexity index is 462. The zero-order valence-corrected chi connectivity index (χ0v) is 10.8. The summed E-state index contributed by atoms with van der Waals surface area (Å²) in [5.74, 6) is -0.589. The third-order valence-electron chi connectivity index (χ3n) is 3.72. The number of rotatable bonds is 1. The van der Waals surface area contributed by atoms with E-state index in [1.807, 2.05) is 4.90 Å². The Balaban J connectivity index is 0.00000120. The molecule has 98 valence electrons. The molecule has 5 heteroatoms. The average molecular weight is 271 g/mol. The molecule has 1 spiro atoms. The summed E-state index contributed by atoms with van der Waals surface area (Å²) in [6.45, 7) is 2.31. The first-order chi connectivity index (χ1) is 8.23. The van der Waals surface area contributed by atoms with Gasteiger partial charge in [-0.3, -0.25) is 4.79 Å². The second kappa shape index (κ2) is 4.86. The first-order valence-electron chi connectivity index (χ1n) is 6.00. The van der Waals surface area contributed by atoms with Gasteiger partial charge in [-0.05, 0) is 25.0 Å². The zero-order valence-electron chi connectivity index (χ0n) is 9.99. The molecule has 1 aliphatic carbocycles. The summed E-state index contributed by atoms with van der Waals surface area (Å²) in [5.41, 5.74) is 0.165. The number of nitrogens with one attached hydrogen (secondary N) is 1. The van der Waals surface area contributed by atoms with Crippen molar-refractivity contribution in [3.63, 3.8) is 0 Å². The van der Waals surface area contributed by atoms with Gasteiger partial charge in [-0.1, -0.05) is 12.1 Å². The third kappa shape index (κ3) is 2.10. The number of halogens is 2. The maximum absolute atomic E-state index is 13.6. The van der Waals surface area contributed by atoms with Gasteiger partial charge in [-0.2, -0.15) is 0 Å². The molecule has 1 saturated carbocycles. The van der Waals surface area contributed by atoms with Crippen molar-refractivity contribution in [1.29, 1.82) is 0 Å². The van der Waals surface area contributed by atoms with E-state index in [1.54, 1.807) is 18.2 Å². The molecular formula is C13H16ClFN2O. The minimum absolute atomic E-state index is 0. The summed E-state index contributed by atoms with van der Waals surface area (Å²) >= 11 is 0. The lowest BCUT2D eigenvalue weighted by atomic mass is 10.1. The highest BCUT2D eigenvalue weighted by atomic mass is 35.5. The number of carbonyl (C=O) groups excluding carboxylic acids is 1. The SMILES string of the molecule is Cl.O=C(c1ccccc1F)N1CCNCC12CC2. The van der Waals surface area contributed by atoms with Gasteiger partial charge in [0.25, 0.3) is 5.91 Å². The lowest BCUT2D eigenvalue weighted by Crippen LogP contribution is -2.55. The normalized spacial score (nSPS) is 20.4. The molecule has 1 aromatic carbocycles. The van der Waals surface area contributed by atoms with Gasteiger partial charge in [0.2, 0.25) is 0 Å². The number of nitrogens with zero attached hydrogens (tertiary/aromatic N) is 1. The van der Waals surface area contributed by atoms with Crippen LogP contribution in [0, 0.1) is 5.82 Å². The van der Waals surface area contributed by atoms with Crippen LogP contribution in [0.3, 0.4) is 0 Å². The van der Waals surface area contributed by atoms with Crippen molar-refractivity contribution in [1.82, 2.24) is 10.2 Å². The number of amides is 1. The van der Waals surface area contributed by atoms with Crippen LogP contribution in [0.2, 0.25) is 0 Å². The van der Waals surface area contributed by atoms with Crippen molar-refractivity contribution in [2.75, 3.05) is 19.6 Å². The van der Waals surface area contributed by atoms with Crippen LogP contribution in [-0.4, -0.2) is 36.0 Å². The van der Waals surface area contributed by atoms with E-state index in [0.717, 1.165) is 25.9 Å². The highest BCUT2D eigenvalue weighted by Crippen LogP contribution is 2.43. The number of piperazine rings is 1. The van der Waals surface area contributed by atoms with Gasteiger partial charge in [0.05, 0.1) is 11.1 Å². The molecular weight excluding hydrogens is 255 g/mol. The molecule has 2 aliphatic rings. The van der Waals surface area contributed by atoms with Gasteiger partial charge in [0, 0.05) is 19.6 Å². The molecule has 0 unspecified atom stereocenters. The zero-order chi connectivity index (χ0) is 11.9. The molecule has 1 aromatic rings. The molecule has 1 amide bonds. The molecule has 0 aromatic heterocycles. The summed E-state index contributed by atoms with van der Waals surface area (Å²) in [6.07, 6.45) is 2.06. The first kappa shape index (κ1) is 13.3. The van der Waals surface area contributed by atoms with Crippen LogP contribution >= 0.6 is 12.4 Å². The van der Waals surface area contributed by atoms with E-state index >= 15 is 0 Å². The molecule has 1 N–H and O–H groups in total. The van der Waals surface area contributed by atoms with Crippen molar-refractivity contribution < 1.29 is 9.18 Å². The van der Waals surface area contributed by atoms with Crippen LogP contribution < -0.4 is 5.32 Å². The molecule has 2 fully saturated rings. The second-order valence-electron chi connectivity index (χ2n) is 4.84. The fraction of sp³-hybridized carbons (Fsp3) is 0.462. The smallest absolute Gasteiger partial charge is 0.257 e. The van der Waals surface area contributed by atoms with Crippen LogP contribution in [0.15, 0.2) is 24.3 Å².